The summed E-state index contributed by atoms with van der Waals surface area (Å²) in [6, 6.07) is -2.44. The third kappa shape index (κ3) is 17.5. The summed E-state index contributed by atoms with van der Waals surface area (Å²) in [6.45, 7) is 6.87. The Bertz CT molecular complexity index is 3550. The number of hydrogen-bond donors (Lipinski definition) is 14. The van der Waals surface area contributed by atoms with E-state index in [0.29, 0.717) is 6.42 Å². The normalized spacial score (nSPS) is 26.4. The lowest BCUT2D eigenvalue weighted by Crippen LogP contribution is -2.62. The highest BCUT2D eigenvalue weighted by Gasteiger charge is 2.47. The average molecular weight is 1340 g/mol. The number of nitrogens with two attached hydrogens (primary N) is 1. The molecule has 14 amide bonds. The summed E-state index contributed by atoms with van der Waals surface area (Å²) in [5.41, 5.74) is 6.18. The van der Waals surface area contributed by atoms with Gasteiger partial charge in [-0.1, -0.05) is 59.2 Å². The smallest absolute Gasteiger partial charge is 0.253 e. The van der Waals surface area contributed by atoms with Crippen LogP contribution in [0.5, 0.6) is 5.75 Å². The van der Waals surface area contributed by atoms with Crippen LogP contribution in [0.3, 0.4) is 0 Å². The molecule has 512 valence electrons. The molecule has 5 aliphatic heterocycles. The molecule has 6 heterocycles. The van der Waals surface area contributed by atoms with Crippen molar-refractivity contribution in [3.8, 4) is 5.75 Å². The summed E-state index contributed by atoms with van der Waals surface area (Å²) in [7, 11) is 0. The van der Waals surface area contributed by atoms with E-state index >= 15 is 4.79 Å². The van der Waals surface area contributed by atoms with Gasteiger partial charge in [-0.05, 0) is 37.0 Å². The van der Waals surface area contributed by atoms with Crippen molar-refractivity contribution in [1.29, 1.82) is 0 Å². The number of ether oxygens (including phenoxy) is 2. The number of anilines is 1. The van der Waals surface area contributed by atoms with Crippen LogP contribution in [0.1, 0.15) is 84.6 Å². The first-order valence-electron chi connectivity index (χ1n) is 30.9. The van der Waals surface area contributed by atoms with Crippen LogP contribution in [-0.4, -0.2) is 211 Å². The monoisotopic (exact) mass is 1340 g/mol. The highest BCUT2D eigenvalue weighted by atomic mass is 32.2. The first-order valence-corrected chi connectivity index (χ1v) is 32.2. The van der Waals surface area contributed by atoms with Crippen LogP contribution in [0.25, 0.3) is 10.9 Å². The van der Waals surface area contributed by atoms with Crippen LogP contribution >= 0.6 is 0 Å². The van der Waals surface area contributed by atoms with Gasteiger partial charge < -0.3 is 93.0 Å². The van der Waals surface area contributed by atoms with Gasteiger partial charge in [0.2, 0.25) is 75.9 Å². The standard InChI is InChI=1S/C61H78N14O19S/c1-7-28(4)50-56(88)64-22-45(80)66-40-26-95(92)59-35(33-13-12-31(76)18-37(33)70-59)20-38(53(85)63-23-46(81)72-50)68-58(90)51(73-55(87)41-19-32(77)24-75(41)60(91)39(21-43(62)78)69-54(40)86)29(5)42-25-93-61(94-42)34-10-8-9-11-36(34)67-52(84)30(6)65-57(89)49(27(2)3)71-44(79)16-17-74-47(82)14-15-48(74)83/h8-15,18,27-30,32,38-42,49-51,61,70,76-77H,7,16-17,19-26H2,1-6H3,(H2,62,78)(H,63,85)(H,64,88)(H,65,89)(H,66,80)(H,67,84)(H,68,90)(H,69,86)(H,71,79)(H,72,81)(H,73,87)/t28-,29-,30-,32?,38?,39?,40?,41?,42-,49?,50-,51-,61?,95+/m0/s1. The molecule has 14 atom stereocenters. The van der Waals surface area contributed by atoms with Crippen LogP contribution in [0.15, 0.2) is 59.6 Å². The number of amides is 14. The number of aliphatic hydroxyl groups is 1. The molecule has 2 fully saturated rings. The number of aromatic hydroxyl groups is 1. The van der Waals surface area contributed by atoms with Crippen molar-refractivity contribution in [2.45, 2.75) is 146 Å². The van der Waals surface area contributed by atoms with Crippen LogP contribution in [0.2, 0.25) is 0 Å². The topological polar surface area (TPSA) is 490 Å². The van der Waals surface area contributed by atoms with E-state index in [1.165, 1.54) is 38.1 Å². The Balaban J connectivity index is 1.11. The Morgan fingerprint density at radius 3 is 2.16 bits per heavy atom. The van der Waals surface area contributed by atoms with Gasteiger partial charge in [0.15, 0.2) is 12.3 Å². The molecule has 1 aromatic heterocycles. The van der Waals surface area contributed by atoms with Gasteiger partial charge >= 0.3 is 0 Å². The lowest BCUT2D eigenvalue weighted by atomic mass is 9.93. The molecular weight excluding hydrogens is 1260 g/mol. The zero-order chi connectivity index (χ0) is 69.3. The van der Waals surface area contributed by atoms with E-state index in [1.807, 2.05) is 0 Å². The van der Waals surface area contributed by atoms with E-state index < -0.39 is 223 Å². The van der Waals surface area contributed by atoms with Crippen LogP contribution < -0.4 is 58.9 Å². The SMILES string of the molecule is CC[C@H](C)[C@@H]1NC(=O)CNC(=O)C2Cc3c([nH]c4cc(O)ccc34)[S@+]([O-])CC(NC(=O)CNC1=O)C(=O)NC(CC(N)=O)C(=O)N1CC(O)CC1C(=O)N[C@@H]([C@@H](C)[C@@H]1COC(c3ccccc3NC(=O)[C@H](C)NC(=O)C(NC(=O)CCN3C(=O)C=CC3=O)C(C)C)O1)C(=O)N2. The number of phenolic OH excluding ortho intramolecular Hbond substituents is 1. The van der Waals surface area contributed by atoms with E-state index in [2.05, 4.69) is 58.2 Å². The number of aromatic amines is 1. The zero-order valence-electron chi connectivity index (χ0n) is 52.8. The van der Waals surface area contributed by atoms with E-state index in [4.69, 9.17) is 15.2 Å². The van der Waals surface area contributed by atoms with E-state index in [0.717, 1.165) is 22.0 Å². The Hall–Kier alpha value is -9.51. The maximum Gasteiger partial charge on any atom is 0.253 e. The number of imide groups is 1. The summed E-state index contributed by atoms with van der Waals surface area (Å²) in [5, 5.41) is 47.3. The predicted octanol–water partition coefficient (Wildman–Crippen LogP) is -4.26. The lowest BCUT2D eigenvalue weighted by molar-refractivity contribution is -0.144. The number of hydrogen-bond acceptors (Lipinski definition) is 19. The number of benzene rings is 2. The second kappa shape index (κ2) is 31.2. The number of phenols is 1. The number of primary amides is 1. The molecule has 33 nitrogen and oxygen atoms in total. The molecule has 8 rings (SSSR count). The van der Waals surface area contributed by atoms with E-state index in [1.54, 1.807) is 45.9 Å². The molecule has 95 heavy (non-hydrogen) atoms. The lowest BCUT2D eigenvalue weighted by Gasteiger charge is -2.33. The summed E-state index contributed by atoms with van der Waals surface area (Å²) >= 11 is -2.45. The molecule has 0 aliphatic carbocycles. The maximum atomic E-state index is 15.4. The Morgan fingerprint density at radius 1 is 0.789 bits per heavy atom. The predicted molar refractivity (Wildman–Crippen MR) is 333 cm³/mol. The highest BCUT2D eigenvalue weighted by molar-refractivity contribution is 7.91. The van der Waals surface area contributed by atoms with Gasteiger partial charge in [0.05, 0.1) is 43.8 Å². The molecule has 0 spiro atoms. The first kappa shape index (κ1) is 71.3. The minimum atomic E-state index is -2.45. The molecule has 3 aromatic rings. The molecule has 2 bridgehead atoms. The van der Waals surface area contributed by atoms with Gasteiger partial charge in [0.1, 0.15) is 53.8 Å². The zero-order valence-corrected chi connectivity index (χ0v) is 53.6. The molecule has 34 heteroatoms. The molecule has 2 aromatic carbocycles. The second-order valence-corrected chi connectivity index (χ2v) is 25.7. The van der Waals surface area contributed by atoms with Gasteiger partial charge in [-0.15, -0.1) is 0 Å². The van der Waals surface area contributed by atoms with Crippen molar-refractivity contribution in [2.75, 3.05) is 43.9 Å². The van der Waals surface area contributed by atoms with E-state index in [-0.39, 0.29) is 58.1 Å². The molecule has 5 aliphatic rings. The van der Waals surface area contributed by atoms with Gasteiger partial charge in [-0.3, -0.25) is 72.0 Å². The third-order valence-corrected chi connectivity index (χ3v) is 18.4. The van der Waals surface area contributed by atoms with Crippen molar-refractivity contribution in [3.63, 3.8) is 0 Å². The number of para-hydroxylation sites is 1. The van der Waals surface area contributed by atoms with Crippen LogP contribution in [0, 0.1) is 17.8 Å². The van der Waals surface area contributed by atoms with Crippen molar-refractivity contribution in [2.24, 2.45) is 23.5 Å². The number of aromatic nitrogens is 1. The largest absolute Gasteiger partial charge is 0.610 e. The minimum Gasteiger partial charge on any atom is -0.610 e. The molecule has 15 N–H and O–H groups in total. The molecule has 7 unspecified atom stereocenters. The van der Waals surface area contributed by atoms with E-state index in [9.17, 15) is 77.1 Å². The van der Waals surface area contributed by atoms with Gasteiger partial charge in [0.25, 0.3) is 11.8 Å². The Morgan fingerprint density at radius 2 is 1.47 bits per heavy atom. The van der Waals surface area contributed by atoms with Crippen molar-refractivity contribution in [1.82, 2.24) is 62.6 Å². The summed E-state index contributed by atoms with van der Waals surface area (Å²) in [4.78, 5) is 197. The fraction of sp³-hybridized carbons (Fsp3) is 0.508. The van der Waals surface area contributed by atoms with Gasteiger partial charge in [-0.25, -0.2) is 0 Å². The molecule has 0 saturated carbocycles. The number of nitrogens with zero attached hydrogens (tertiary/aromatic N) is 2. The quantitative estimate of drug-likeness (QED) is 0.0477. The van der Waals surface area contributed by atoms with Gasteiger partial charge in [-0.2, -0.15) is 0 Å². The number of H-pyrrole nitrogens is 1. The number of carbonyl (C=O) groups is 14. The Labute approximate surface area is 546 Å². The van der Waals surface area contributed by atoms with Crippen molar-refractivity contribution < 1.29 is 91.4 Å². The highest BCUT2D eigenvalue weighted by Crippen LogP contribution is 2.36. The maximum absolute atomic E-state index is 15.4. The summed E-state index contributed by atoms with van der Waals surface area (Å²) in [5.74, 6) is -16.0. The van der Waals surface area contributed by atoms with Crippen molar-refractivity contribution >= 4 is 110 Å². The number of carbonyl (C=O) groups excluding carboxylic acids is 14. The number of nitrogens with one attached hydrogen (secondary N) is 11. The fourth-order valence-corrected chi connectivity index (χ4v) is 12.9. The second-order valence-electron chi connectivity index (χ2n) is 24.2. The number of rotatable bonds is 16. The summed E-state index contributed by atoms with van der Waals surface area (Å²) in [6.07, 6.45) is -3.62. The van der Waals surface area contributed by atoms with Crippen LogP contribution in [0.4, 0.5) is 5.69 Å². The Kier molecular flexibility index (Phi) is 23.4. The average Bonchev–Trinajstić information content (AvgIpc) is 1.66. The van der Waals surface area contributed by atoms with Crippen LogP contribution in [-0.2, 0) is 94.2 Å². The molecule has 0 radical (unpaired) electrons. The number of aliphatic hydroxyl groups excluding tert-OH is 1. The third-order valence-electron chi connectivity index (χ3n) is 17.0. The molecular formula is C61H78N14O19S. The summed E-state index contributed by atoms with van der Waals surface area (Å²) < 4.78 is 27.6. The first-order chi connectivity index (χ1) is 45.0. The fourth-order valence-electron chi connectivity index (χ4n) is 11.5. The number of fused-ring (bicyclic) bond motifs is 5. The van der Waals surface area contributed by atoms with Crippen molar-refractivity contribution in [3.05, 3.63) is 65.7 Å². The minimum absolute atomic E-state index is 0.0509. The van der Waals surface area contributed by atoms with Gasteiger partial charge in [0, 0.05) is 89.9 Å². The molecule has 2 saturated heterocycles.